The maximum absolute atomic E-state index is 11.9. The van der Waals surface area contributed by atoms with Crippen molar-refractivity contribution >= 4 is 12.0 Å². The molecule has 5 nitrogen and oxygen atoms in total. The van der Waals surface area contributed by atoms with Crippen LogP contribution in [0.25, 0.3) is 0 Å². The van der Waals surface area contributed by atoms with E-state index in [1.807, 2.05) is 13.8 Å². The molecular weight excluding hydrogens is 256 g/mol. The number of hydrogen-bond donors (Lipinski definition) is 3. The molecule has 3 N–H and O–H groups in total. The third-order valence-electron chi connectivity index (χ3n) is 4.39. The zero-order valence-corrected chi connectivity index (χ0v) is 12.7. The second kappa shape index (κ2) is 8.12. The highest BCUT2D eigenvalue weighted by Gasteiger charge is 2.34. The van der Waals surface area contributed by atoms with Crippen LogP contribution in [0, 0.1) is 5.41 Å². The van der Waals surface area contributed by atoms with Crippen LogP contribution in [0.4, 0.5) is 4.79 Å². The molecule has 1 saturated carbocycles. The monoisotopic (exact) mass is 284 g/mol. The van der Waals surface area contributed by atoms with Crippen molar-refractivity contribution in [3.63, 3.8) is 0 Å². The van der Waals surface area contributed by atoms with Gasteiger partial charge < -0.3 is 15.7 Å². The molecular formula is C15H28N2O3. The number of nitrogens with one attached hydrogen (secondary N) is 2. The molecule has 0 aromatic heterocycles. The van der Waals surface area contributed by atoms with Crippen LogP contribution in [-0.4, -0.2) is 29.7 Å². The molecule has 20 heavy (non-hydrogen) atoms. The summed E-state index contributed by atoms with van der Waals surface area (Å²) in [6.07, 6.45) is 7.04. The van der Waals surface area contributed by atoms with E-state index >= 15 is 0 Å². The fourth-order valence-electron chi connectivity index (χ4n) is 3.04. The van der Waals surface area contributed by atoms with Crippen LogP contribution in [0.3, 0.4) is 0 Å². The van der Waals surface area contributed by atoms with Crippen molar-refractivity contribution in [2.45, 2.75) is 71.3 Å². The van der Waals surface area contributed by atoms with Gasteiger partial charge in [0.05, 0.1) is 6.42 Å². The minimum atomic E-state index is -0.769. The molecule has 0 aromatic rings. The Hall–Kier alpha value is -1.26. The van der Waals surface area contributed by atoms with Crippen molar-refractivity contribution in [3.05, 3.63) is 0 Å². The predicted octanol–water partition coefficient (Wildman–Crippen LogP) is 2.90. The third-order valence-corrected chi connectivity index (χ3v) is 4.39. The summed E-state index contributed by atoms with van der Waals surface area (Å²) in [6, 6.07) is 0.0193. The molecule has 0 saturated heterocycles. The summed E-state index contributed by atoms with van der Waals surface area (Å²) in [5, 5.41) is 14.9. The lowest BCUT2D eigenvalue weighted by atomic mass is 9.72. The fraction of sp³-hybridized carbons (Fsp3) is 0.867. The maximum atomic E-state index is 11.9. The topological polar surface area (TPSA) is 78.4 Å². The van der Waals surface area contributed by atoms with E-state index in [-0.39, 0.29) is 23.9 Å². The highest BCUT2D eigenvalue weighted by Crippen LogP contribution is 2.38. The van der Waals surface area contributed by atoms with E-state index in [1.165, 1.54) is 6.42 Å². The Balaban J connectivity index is 2.49. The quantitative estimate of drug-likeness (QED) is 0.672. The average Bonchev–Trinajstić information content (AvgIpc) is 2.43. The summed E-state index contributed by atoms with van der Waals surface area (Å²) in [7, 11) is 0. The van der Waals surface area contributed by atoms with E-state index in [0.717, 1.165) is 38.5 Å². The molecule has 0 aliphatic heterocycles. The van der Waals surface area contributed by atoms with Gasteiger partial charge in [-0.15, -0.1) is 0 Å². The summed E-state index contributed by atoms with van der Waals surface area (Å²) in [4.78, 5) is 22.9. The van der Waals surface area contributed by atoms with Gasteiger partial charge in [0.25, 0.3) is 0 Å². The first-order chi connectivity index (χ1) is 9.51. The number of carbonyl (C=O) groups is 2. The molecule has 0 bridgehead atoms. The number of amides is 2. The summed E-state index contributed by atoms with van der Waals surface area (Å²) in [5.41, 5.74) is -0.255. The van der Waals surface area contributed by atoms with Crippen LogP contribution < -0.4 is 10.6 Å². The molecule has 0 aromatic carbocycles. The van der Waals surface area contributed by atoms with Gasteiger partial charge in [0, 0.05) is 12.6 Å². The Labute approximate surface area is 121 Å². The molecule has 0 spiro atoms. The van der Waals surface area contributed by atoms with Gasteiger partial charge in [-0.3, -0.25) is 4.79 Å². The minimum absolute atomic E-state index is 0.151. The van der Waals surface area contributed by atoms with Gasteiger partial charge >= 0.3 is 12.0 Å². The van der Waals surface area contributed by atoms with Crippen molar-refractivity contribution in [1.82, 2.24) is 10.6 Å². The Morgan fingerprint density at radius 1 is 1.15 bits per heavy atom. The Morgan fingerprint density at radius 3 is 2.25 bits per heavy atom. The van der Waals surface area contributed by atoms with E-state index in [9.17, 15) is 9.59 Å². The minimum Gasteiger partial charge on any atom is -0.481 e. The zero-order valence-electron chi connectivity index (χ0n) is 12.7. The lowest BCUT2D eigenvalue weighted by Gasteiger charge is -2.36. The smallest absolute Gasteiger partial charge is 0.315 e. The zero-order chi connectivity index (χ0) is 15.0. The van der Waals surface area contributed by atoms with Gasteiger partial charge in [-0.05, 0) is 31.1 Å². The molecule has 1 aliphatic rings. The standard InChI is InChI=1S/C15H28N2O3/c1-3-12(4-2)17-14(20)16-11-15(10-13(18)19)8-6-5-7-9-15/h12H,3-11H2,1-2H3,(H,18,19)(H2,16,17,20). The van der Waals surface area contributed by atoms with Gasteiger partial charge in [-0.2, -0.15) is 0 Å². The SMILES string of the molecule is CCC(CC)NC(=O)NCC1(CC(=O)O)CCCCC1. The Bertz CT molecular complexity index is 321. The van der Waals surface area contributed by atoms with E-state index in [0.29, 0.717) is 6.54 Å². The molecule has 1 rings (SSSR count). The van der Waals surface area contributed by atoms with Gasteiger partial charge in [-0.25, -0.2) is 4.79 Å². The first kappa shape index (κ1) is 16.8. The molecule has 1 fully saturated rings. The average molecular weight is 284 g/mol. The van der Waals surface area contributed by atoms with Gasteiger partial charge in [0.2, 0.25) is 0 Å². The van der Waals surface area contributed by atoms with Crippen LogP contribution in [0.5, 0.6) is 0 Å². The van der Waals surface area contributed by atoms with E-state index in [1.54, 1.807) is 0 Å². The first-order valence-corrected chi connectivity index (χ1v) is 7.77. The molecule has 0 radical (unpaired) electrons. The van der Waals surface area contributed by atoms with Crippen LogP contribution in [-0.2, 0) is 4.79 Å². The second-order valence-electron chi connectivity index (χ2n) is 5.97. The highest BCUT2D eigenvalue weighted by molar-refractivity contribution is 5.74. The van der Waals surface area contributed by atoms with Crippen LogP contribution >= 0.6 is 0 Å². The molecule has 116 valence electrons. The summed E-state index contributed by atoms with van der Waals surface area (Å²) in [5.74, 6) is -0.769. The van der Waals surface area contributed by atoms with Crippen molar-refractivity contribution in [2.75, 3.05) is 6.54 Å². The van der Waals surface area contributed by atoms with Gasteiger partial charge in [0.15, 0.2) is 0 Å². The van der Waals surface area contributed by atoms with Crippen LogP contribution in [0.1, 0.15) is 65.2 Å². The molecule has 0 atom stereocenters. The lowest BCUT2D eigenvalue weighted by Crippen LogP contribution is -2.47. The Morgan fingerprint density at radius 2 is 1.75 bits per heavy atom. The Kier molecular flexibility index (Phi) is 6.82. The second-order valence-corrected chi connectivity index (χ2v) is 5.97. The number of urea groups is 1. The highest BCUT2D eigenvalue weighted by atomic mass is 16.4. The maximum Gasteiger partial charge on any atom is 0.315 e. The van der Waals surface area contributed by atoms with Crippen LogP contribution in [0.15, 0.2) is 0 Å². The number of hydrogen-bond acceptors (Lipinski definition) is 2. The van der Waals surface area contributed by atoms with Gasteiger partial charge in [0.1, 0.15) is 0 Å². The molecule has 0 unspecified atom stereocenters. The summed E-state index contributed by atoms with van der Waals surface area (Å²) >= 11 is 0. The van der Waals surface area contributed by atoms with Gasteiger partial charge in [-0.1, -0.05) is 33.1 Å². The molecule has 1 aliphatic carbocycles. The molecule has 5 heteroatoms. The summed E-state index contributed by atoms with van der Waals surface area (Å²) < 4.78 is 0. The number of aliphatic carboxylic acids is 1. The first-order valence-electron chi connectivity index (χ1n) is 7.77. The third kappa shape index (κ3) is 5.39. The van der Waals surface area contributed by atoms with E-state index in [4.69, 9.17) is 5.11 Å². The lowest BCUT2D eigenvalue weighted by molar-refractivity contribution is -0.140. The predicted molar refractivity (Wildman–Crippen MR) is 78.7 cm³/mol. The fourth-order valence-corrected chi connectivity index (χ4v) is 3.04. The van der Waals surface area contributed by atoms with Crippen molar-refractivity contribution in [3.8, 4) is 0 Å². The van der Waals surface area contributed by atoms with Crippen molar-refractivity contribution < 1.29 is 14.7 Å². The van der Waals surface area contributed by atoms with E-state index in [2.05, 4.69) is 10.6 Å². The number of carboxylic acid groups (broad SMARTS) is 1. The largest absolute Gasteiger partial charge is 0.481 e. The number of rotatable bonds is 7. The van der Waals surface area contributed by atoms with Crippen molar-refractivity contribution in [1.29, 1.82) is 0 Å². The van der Waals surface area contributed by atoms with Crippen LogP contribution in [0.2, 0.25) is 0 Å². The number of carboxylic acids is 1. The normalized spacial score (nSPS) is 17.8. The van der Waals surface area contributed by atoms with E-state index < -0.39 is 5.97 Å². The molecule has 2 amide bonds. The summed E-state index contributed by atoms with van der Waals surface area (Å²) in [6.45, 7) is 4.55. The van der Waals surface area contributed by atoms with Crippen molar-refractivity contribution in [2.24, 2.45) is 5.41 Å². The number of carbonyl (C=O) groups excluding carboxylic acids is 1. The molecule has 0 heterocycles.